The second kappa shape index (κ2) is 9.83. The number of carbonyl (C=O) groups excluding carboxylic acids is 2. The van der Waals surface area contributed by atoms with E-state index >= 15 is 0 Å². The van der Waals surface area contributed by atoms with Crippen LogP contribution in [0.5, 0.6) is 0 Å². The van der Waals surface area contributed by atoms with E-state index in [1.54, 1.807) is 23.6 Å². The summed E-state index contributed by atoms with van der Waals surface area (Å²) >= 11 is 6.77. The molecule has 9 nitrogen and oxygen atoms in total. The molecule has 0 saturated heterocycles. The van der Waals surface area contributed by atoms with Crippen molar-refractivity contribution in [2.24, 2.45) is 0 Å². The maximum atomic E-state index is 12.6. The zero-order valence-electron chi connectivity index (χ0n) is 17.0. The Balaban J connectivity index is 1.62. The number of aromatic amines is 1. The van der Waals surface area contributed by atoms with Crippen molar-refractivity contribution >= 4 is 35.4 Å². The van der Waals surface area contributed by atoms with Gasteiger partial charge in [0.05, 0.1) is 11.4 Å². The lowest BCUT2D eigenvalue weighted by molar-refractivity contribution is -0.124. The molecule has 1 atom stereocenters. The summed E-state index contributed by atoms with van der Waals surface area (Å²) in [5.74, 6) is 0.415. The van der Waals surface area contributed by atoms with Crippen LogP contribution < -0.4 is 10.9 Å². The van der Waals surface area contributed by atoms with Gasteiger partial charge in [0, 0.05) is 0 Å². The summed E-state index contributed by atoms with van der Waals surface area (Å²) in [6, 6.07) is 6.44. The number of carbonyl (C=O) groups is 2. The number of amides is 2. The molecule has 3 aromatic heterocycles. The van der Waals surface area contributed by atoms with Crippen molar-refractivity contribution in [2.45, 2.75) is 33.4 Å². The van der Waals surface area contributed by atoms with Gasteiger partial charge in [-0.15, -0.1) is 11.3 Å². The molecule has 11 heteroatoms. The second-order valence-corrected chi connectivity index (χ2v) is 7.88. The molecular weight excluding hydrogens is 424 g/mol. The molecule has 0 aliphatic rings. The topological polar surface area (TPSA) is 108 Å². The van der Waals surface area contributed by atoms with E-state index in [2.05, 4.69) is 39.8 Å². The van der Waals surface area contributed by atoms with Gasteiger partial charge in [-0.25, -0.2) is 0 Å². The van der Waals surface area contributed by atoms with Crippen LogP contribution in [0.4, 0.5) is 0 Å². The van der Waals surface area contributed by atoms with Crippen LogP contribution >= 0.6 is 23.6 Å². The molecular formula is C19H24N6O3S2. The van der Waals surface area contributed by atoms with Crippen molar-refractivity contribution in [2.75, 3.05) is 13.1 Å². The summed E-state index contributed by atoms with van der Waals surface area (Å²) in [7, 11) is 0. The first-order valence-electron chi connectivity index (χ1n) is 9.56. The fraction of sp³-hybridized carbons (Fsp3) is 0.368. The highest BCUT2D eigenvalue weighted by Crippen LogP contribution is 2.25. The van der Waals surface area contributed by atoms with Crippen molar-refractivity contribution in [3.8, 4) is 10.7 Å². The van der Waals surface area contributed by atoms with Crippen LogP contribution in [0.2, 0.25) is 0 Å². The van der Waals surface area contributed by atoms with E-state index in [4.69, 9.17) is 16.6 Å². The molecule has 30 heavy (non-hydrogen) atoms. The van der Waals surface area contributed by atoms with Crippen molar-refractivity contribution in [3.05, 3.63) is 45.9 Å². The van der Waals surface area contributed by atoms with E-state index in [0.717, 1.165) is 18.0 Å². The van der Waals surface area contributed by atoms with Gasteiger partial charge >= 0.3 is 5.91 Å². The molecule has 3 N–H and O–H groups in total. The monoisotopic (exact) mass is 448 g/mol. The predicted molar refractivity (Wildman–Crippen MR) is 116 cm³/mol. The first-order valence-corrected chi connectivity index (χ1v) is 10.8. The van der Waals surface area contributed by atoms with Gasteiger partial charge in [-0.2, -0.15) is 5.10 Å². The van der Waals surface area contributed by atoms with Gasteiger partial charge in [0.2, 0.25) is 0 Å². The van der Waals surface area contributed by atoms with E-state index in [-0.39, 0.29) is 5.76 Å². The molecule has 3 aromatic rings. The molecule has 1 unspecified atom stereocenters. The van der Waals surface area contributed by atoms with Gasteiger partial charge < -0.3 is 4.42 Å². The van der Waals surface area contributed by atoms with Crippen LogP contribution in [0.3, 0.4) is 0 Å². The SMILES string of the molecule is CCN(CC)Cc1ccc(C(=O)NNC(=O)C(C)n2c(-c3cccs3)n[nH]c2=S)o1. The fourth-order valence-electron chi connectivity index (χ4n) is 2.90. The van der Waals surface area contributed by atoms with Crippen molar-refractivity contribution in [1.82, 2.24) is 30.5 Å². The predicted octanol–water partition coefficient (Wildman–Crippen LogP) is 3.13. The summed E-state index contributed by atoms with van der Waals surface area (Å²) in [5.41, 5.74) is 4.82. The molecule has 160 valence electrons. The average molecular weight is 449 g/mol. The number of aromatic nitrogens is 3. The van der Waals surface area contributed by atoms with E-state index in [9.17, 15) is 9.59 Å². The van der Waals surface area contributed by atoms with Crippen LogP contribution in [0.15, 0.2) is 34.1 Å². The highest BCUT2D eigenvalue weighted by Gasteiger charge is 2.22. The zero-order valence-corrected chi connectivity index (χ0v) is 18.6. The third-order valence-electron chi connectivity index (χ3n) is 4.67. The van der Waals surface area contributed by atoms with Crippen LogP contribution in [-0.2, 0) is 11.3 Å². The smallest absolute Gasteiger partial charge is 0.305 e. The second-order valence-electron chi connectivity index (χ2n) is 6.55. The van der Waals surface area contributed by atoms with Crippen molar-refractivity contribution < 1.29 is 14.0 Å². The number of nitrogens with zero attached hydrogens (tertiary/aromatic N) is 3. The number of thiophene rings is 1. The third-order valence-corrected chi connectivity index (χ3v) is 5.83. The Hall–Kier alpha value is -2.76. The fourth-order valence-corrected chi connectivity index (χ4v) is 3.90. The Labute approximate surface area is 183 Å². The molecule has 0 bridgehead atoms. The van der Waals surface area contributed by atoms with Crippen LogP contribution in [-0.4, -0.2) is 44.6 Å². The quantitative estimate of drug-likeness (QED) is 0.361. The largest absolute Gasteiger partial charge is 0.454 e. The van der Waals surface area contributed by atoms with Gasteiger partial charge in [-0.1, -0.05) is 19.9 Å². The highest BCUT2D eigenvalue weighted by atomic mass is 32.1. The normalized spacial score (nSPS) is 12.1. The Morgan fingerprint density at radius 1 is 1.30 bits per heavy atom. The van der Waals surface area contributed by atoms with Crippen LogP contribution in [0.25, 0.3) is 10.7 Å². The van der Waals surface area contributed by atoms with Crippen LogP contribution in [0, 0.1) is 4.77 Å². The number of H-pyrrole nitrogens is 1. The van der Waals surface area contributed by atoms with Gasteiger partial charge in [0.25, 0.3) is 5.91 Å². The molecule has 0 fully saturated rings. The minimum atomic E-state index is -0.691. The number of nitrogens with one attached hydrogen (secondary N) is 3. The minimum Gasteiger partial charge on any atom is -0.454 e. The van der Waals surface area contributed by atoms with Gasteiger partial charge in [-0.05, 0) is 55.8 Å². The molecule has 0 aliphatic carbocycles. The van der Waals surface area contributed by atoms with E-state index in [1.807, 2.05) is 17.5 Å². The Kier molecular flexibility index (Phi) is 7.19. The lowest BCUT2D eigenvalue weighted by Crippen LogP contribution is -2.44. The molecule has 0 spiro atoms. The lowest BCUT2D eigenvalue weighted by Gasteiger charge is -2.16. The van der Waals surface area contributed by atoms with Crippen molar-refractivity contribution in [3.63, 3.8) is 0 Å². The number of hydrogen-bond acceptors (Lipinski definition) is 7. The number of hydrogen-bond donors (Lipinski definition) is 3. The van der Waals surface area contributed by atoms with E-state index in [1.165, 1.54) is 11.3 Å². The lowest BCUT2D eigenvalue weighted by atomic mass is 10.3. The molecule has 3 rings (SSSR count). The summed E-state index contributed by atoms with van der Waals surface area (Å²) in [6.07, 6.45) is 0. The summed E-state index contributed by atoms with van der Waals surface area (Å²) in [6.45, 7) is 8.19. The average Bonchev–Trinajstić information content (AvgIpc) is 3.50. The number of hydrazine groups is 1. The number of furan rings is 1. The zero-order chi connectivity index (χ0) is 21.7. The minimum absolute atomic E-state index is 0.129. The Bertz CT molecular complexity index is 1050. The van der Waals surface area contributed by atoms with Gasteiger partial charge in [0.15, 0.2) is 16.4 Å². The van der Waals surface area contributed by atoms with Crippen LogP contribution in [0.1, 0.15) is 43.1 Å². The Morgan fingerprint density at radius 2 is 2.07 bits per heavy atom. The standard InChI is InChI=1S/C19H24N6O3S2/c1-4-24(5-2)11-13-8-9-14(28-13)18(27)22-21-17(26)12(3)25-16(20-23-19(25)29)15-7-6-10-30-15/h6-10,12H,4-5,11H2,1-3H3,(H,21,26)(H,22,27)(H,23,29). The highest BCUT2D eigenvalue weighted by molar-refractivity contribution is 7.71. The van der Waals surface area contributed by atoms with Gasteiger partial charge in [0.1, 0.15) is 11.8 Å². The Morgan fingerprint density at radius 3 is 2.73 bits per heavy atom. The molecule has 0 aliphatic heterocycles. The maximum Gasteiger partial charge on any atom is 0.305 e. The molecule has 0 aromatic carbocycles. The van der Waals surface area contributed by atoms with Crippen molar-refractivity contribution in [1.29, 1.82) is 0 Å². The number of rotatable bonds is 8. The first-order chi connectivity index (χ1) is 14.4. The van der Waals surface area contributed by atoms with Gasteiger partial charge in [-0.3, -0.25) is 35.0 Å². The first kappa shape index (κ1) is 21.9. The summed E-state index contributed by atoms with van der Waals surface area (Å²) in [4.78, 5) is 28.0. The molecule has 0 saturated carbocycles. The molecule has 0 radical (unpaired) electrons. The molecule has 2 amide bonds. The summed E-state index contributed by atoms with van der Waals surface area (Å²) < 4.78 is 7.52. The maximum absolute atomic E-state index is 12.6. The summed E-state index contributed by atoms with van der Waals surface area (Å²) in [5, 5.41) is 8.85. The van der Waals surface area contributed by atoms with E-state index < -0.39 is 17.9 Å². The molecule has 3 heterocycles. The van der Waals surface area contributed by atoms with E-state index in [0.29, 0.717) is 22.9 Å². The third kappa shape index (κ3) is 4.86.